The number of nitrogens with zero attached hydrogens (tertiary/aromatic N) is 3. The standard InChI is InChI=1S/C24H25FN4O2/c1-16-15-17(2)29(27-16)22-6-4-3-5-21(22)26-23(30)18-11-13-28(14-12-18)24(31)19-7-9-20(25)10-8-19/h3-10,15,18H,11-14H2,1-2H3,(H,26,30). The highest BCUT2D eigenvalue weighted by molar-refractivity contribution is 5.96. The summed E-state index contributed by atoms with van der Waals surface area (Å²) < 4.78 is 14.9. The Morgan fingerprint density at radius 3 is 2.35 bits per heavy atom. The predicted molar refractivity (Wildman–Crippen MR) is 117 cm³/mol. The molecule has 1 aliphatic heterocycles. The number of rotatable bonds is 4. The van der Waals surface area contributed by atoms with E-state index >= 15 is 0 Å². The summed E-state index contributed by atoms with van der Waals surface area (Å²) in [5.74, 6) is -0.727. The second kappa shape index (κ2) is 8.71. The summed E-state index contributed by atoms with van der Waals surface area (Å²) in [4.78, 5) is 27.3. The van der Waals surface area contributed by atoms with Crippen molar-refractivity contribution in [3.63, 3.8) is 0 Å². The maximum absolute atomic E-state index is 13.1. The lowest BCUT2D eigenvalue weighted by Gasteiger charge is -2.31. The van der Waals surface area contributed by atoms with Crippen LogP contribution in [0, 0.1) is 25.6 Å². The van der Waals surface area contributed by atoms with Gasteiger partial charge in [-0.3, -0.25) is 9.59 Å². The van der Waals surface area contributed by atoms with Crippen LogP contribution in [0.1, 0.15) is 34.6 Å². The van der Waals surface area contributed by atoms with Crippen LogP contribution >= 0.6 is 0 Å². The number of aromatic nitrogens is 2. The highest BCUT2D eigenvalue weighted by Crippen LogP contribution is 2.25. The molecule has 0 aliphatic carbocycles. The van der Waals surface area contributed by atoms with Gasteiger partial charge in [-0.25, -0.2) is 9.07 Å². The van der Waals surface area contributed by atoms with Crippen molar-refractivity contribution in [1.82, 2.24) is 14.7 Å². The highest BCUT2D eigenvalue weighted by Gasteiger charge is 2.28. The Kier molecular flexibility index (Phi) is 5.84. The minimum atomic E-state index is -0.368. The molecule has 0 spiro atoms. The number of amides is 2. The number of carbonyl (C=O) groups is 2. The molecule has 2 aromatic carbocycles. The maximum atomic E-state index is 13.1. The fourth-order valence-corrected chi connectivity index (χ4v) is 3.99. The van der Waals surface area contributed by atoms with Gasteiger partial charge in [0.2, 0.25) is 5.91 Å². The third-order valence-corrected chi connectivity index (χ3v) is 5.64. The first-order chi connectivity index (χ1) is 14.9. The average Bonchev–Trinajstić information content (AvgIpc) is 3.12. The SMILES string of the molecule is Cc1cc(C)n(-c2ccccc2NC(=O)C2CCN(C(=O)c3ccc(F)cc3)CC2)n1. The van der Waals surface area contributed by atoms with Crippen molar-refractivity contribution in [1.29, 1.82) is 0 Å². The lowest BCUT2D eigenvalue weighted by molar-refractivity contribution is -0.121. The van der Waals surface area contributed by atoms with Crippen molar-refractivity contribution >= 4 is 17.5 Å². The second-order valence-electron chi connectivity index (χ2n) is 7.92. The van der Waals surface area contributed by atoms with E-state index in [4.69, 9.17) is 0 Å². The molecule has 6 nitrogen and oxygen atoms in total. The Labute approximate surface area is 180 Å². The number of benzene rings is 2. The van der Waals surface area contributed by atoms with Crippen LogP contribution in [0.5, 0.6) is 0 Å². The molecule has 7 heteroatoms. The van der Waals surface area contributed by atoms with Crippen LogP contribution in [0.4, 0.5) is 10.1 Å². The van der Waals surface area contributed by atoms with E-state index in [1.807, 2.05) is 48.9 Å². The monoisotopic (exact) mass is 420 g/mol. The molecule has 0 bridgehead atoms. The Hall–Kier alpha value is -3.48. The summed E-state index contributed by atoms with van der Waals surface area (Å²) in [6, 6.07) is 15.2. The van der Waals surface area contributed by atoms with Crippen LogP contribution in [0.3, 0.4) is 0 Å². The molecule has 0 atom stereocenters. The Bertz CT molecular complexity index is 1100. The van der Waals surface area contributed by atoms with Gasteiger partial charge in [-0.2, -0.15) is 5.10 Å². The first-order valence-corrected chi connectivity index (χ1v) is 10.4. The van der Waals surface area contributed by atoms with Crippen LogP contribution < -0.4 is 5.32 Å². The molecule has 31 heavy (non-hydrogen) atoms. The fourth-order valence-electron chi connectivity index (χ4n) is 3.99. The van der Waals surface area contributed by atoms with Gasteiger partial charge in [0.25, 0.3) is 5.91 Å². The highest BCUT2D eigenvalue weighted by atomic mass is 19.1. The number of anilines is 1. The first kappa shape index (κ1) is 20.8. The number of hydrogen-bond donors (Lipinski definition) is 1. The molecule has 0 radical (unpaired) electrons. The van der Waals surface area contributed by atoms with E-state index in [0.717, 1.165) is 17.1 Å². The molecule has 0 unspecified atom stereocenters. The van der Waals surface area contributed by atoms with Crippen LogP contribution in [-0.4, -0.2) is 39.6 Å². The molecule has 4 rings (SSSR count). The third-order valence-electron chi connectivity index (χ3n) is 5.64. The fraction of sp³-hybridized carbons (Fsp3) is 0.292. The third kappa shape index (κ3) is 4.50. The van der Waals surface area contributed by atoms with Gasteiger partial charge in [0, 0.05) is 30.3 Å². The van der Waals surface area contributed by atoms with Crippen molar-refractivity contribution in [2.75, 3.05) is 18.4 Å². The maximum Gasteiger partial charge on any atom is 0.253 e. The number of nitrogens with one attached hydrogen (secondary N) is 1. The zero-order chi connectivity index (χ0) is 22.0. The van der Waals surface area contributed by atoms with Crippen molar-refractivity contribution in [3.8, 4) is 5.69 Å². The van der Waals surface area contributed by atoms with Crippen LogP contribution in [0.25, 0.3) is 5.69 Å². The molecule has 1 saturated heterocycles. The van der Waals surface area contributed by atoms with Gasteiger partial charge in [0.15, 0.2) is 0 Å². The van der Waals surface area contributed by atoms with E-state index in [9.17, 15) is 14.0 Å². The Balaban J connectivity index is 1.41. The van der Waals surface area contributed by atoms with Crippen LogP contribution in [0.15, 0.2) is 54.6 Å². The van der Waals surface area contributed by atoms with E-state index in [1.54, 1.807) is 4.90 Å². The van der Waals surface area contributed by atoms with Crippen LogP contribution in [0.2, 0.25) is 0 Å². The van der Waals surface area contributed by atoms with Crippen LogP contribution in [-0.2, 0) is 4.79 Å². The number of piperidine rings is 1. The van der Waals surface area contributed by atoms with E-state index in [1.165, 1.54) is 24.3 Å². The largest absolute Gasteiger partial charge is 0.339 e. The summed E-state index contributed by atoms with van der Waals surface area (Å²) >= 11 is 0. The molecular formula is C24H25FN4O2. The van der Waals surface area contributed by atoms with Gasteiger partial charge >= 0.3 is 0 Å². The van der Waals surface area contributed by atoms with Gasteiger partial charge < -0.3 is 10.2 Å². The molecule has 1 fully saturated rings. The minimum Gasteiger partial charge on any atom is -0.339 e. The van der Waals surface area contributed by atoms with Crippen molar-refractivity contribution in [2.45, 2.75) is 26.7 Å². The van der Waals surface area contributed by atoms with Gasteiger partial charge in [0.1, 0.15) is 5.82 Å². The number of hydrogen-bond acceptors (Lipinski definition) is 3. The van der Waals surface area contributed by atoms with E-state index in [-0.39, 0.29) is 23.5 Å². The molecule has 1 aromatic heterocycles. The van der Waals surface area contributed by atoms with Gasteiger partial charge in [-0.05, 0) is 69.2 Å². The average molecular weight is 420 g/mol. The first-order valence-electron chi connectivity index (χ1n) is 10.4. The summed E-state index contributed by atoms with van der Waals surface area (Å²) in [6.07, 6.45) is 1.17. The smallest absolute Gasteiger partial charge is 0.253 e. The minimum absolute atomic E-state index is 0.0529. The molecule has 0 saturated carbocycles. The van der Waals surface area contributed by atoms with E-state index in [2.05, 4.69) is 10.4 Å². The normalized spacial score (nSPS) is 14.5. The molecule has 1 N–H and O–H groups in total. The Morgan fingerprint density at radius 1 is 1.03 bits per heavy atom. The van der Waals surface area contributed by atoms with Crippen molar-refractivity contribution in [2.24, 2.45) is 5.92 Å². The quantitative estimate of drug-likeness (QED) is 0.690. The van der Waals surface area contributed by atoms with Gasteiger partial charge in [-0.15, -0.1) is 0 Å². The lowest BCUT2D eigenvalue weighted by atomic mass is 9.95. The number of aryl methyl sites for hydroxylation is 2. The second-order valence-corrected chi connectivity index (χ2v) is 7.92. The molecular weight excluding hydrogens is 395 g/mol. The summed E-state index contributed by atoms with van der Waals surface area (Å²) in [5.41, 5.74) is 3.90. The van der Waals surface area contributed by atoms with Gasteiger partial charge in [0.05, 0.1) is 17.1 Å². The van der Waals surface area contributed by atoms with Crippen molar-refractivity contribution < 1.29 is 14.0 Å². The summed E-state index contributed by atoms with van der Waals surface area (Å²) in [7, 11) is 0. The molecule has 2 amide bonds. The molecule has 2 heterocycles. The zero-order valence-corrected chi connectivity index (χ0v) is 17.6. The number of likely N-dealkylation sites (tertiary alicyclic amines) is 1. The lowest BCUT2D eigenvalue weighted by Crippen LogP contribution is -2.41. The summed E-state index contributed by atoms with van der Waals surface area (Å²) in [5, 5.41) is 7.57. The van der Waals surface area contributed by atoms with E-state index < -0.39 is 0 Å². The summed E-state index contributed by atoms with van der Waals surface area (Å²) in [6.45, 7) is 4.90. The number of para-hydroxylation sites is 2. The molecule has 3 aromatic rings. The molecule has 1 aliphatic rings. The topological polar surface area (TPSA) is 67.2 Å². The predicted octanol–water partition coefficient (Wildman–Crippen LogP) is 4.12. The Morgan fingerprint density at radius 2 is 1.71 bits per heavy atom. The number of halogens is 1. The zero-order valence-electron chi connectivity index (χ0n) is 17.6. The number of carbonyl (C=O) groups excluding carboxylic acids is 2. The molecule has 160 valence electrons. The van der Waals surface area contributed by atoms with E-state index in [0.29, 0.717) is 37.2 Å². The van der Waals surface area contributed by atoms with Crippen molar-refractivity contribution in [3.05, 3.63) is 77.4 Å². The van der Waals surface area contributed by atoms with Gasteiger partial charge in [-0.1, -0.05) is 12.1 Å².